The summed E-state index contributed by atoms with van der Waals surface area (Å²) in [5.41, 5.74) is 7.89. The third kappa shape index (κ3) is 4.98. The molecule has 3 aromatic carbocycles. The Morgan fingerprint density at radius 2 is 1.83 bits per heavy atom. The van der Waals surface area contributed by atoms with Crippen molar-refractivity contribution in [3.8, 4) is 16.9 Å². The molecule has 0 radical (unpaired) electrons. The Bertz CT molecular complexity index is 1810. The molecule has 0 aliphatic carbocycles. The van der Waals surface area contributed by atoms with E-state index in [4.69, 9.17) is 19.3 Å². The maximum absolute atomic E-state index is 13.6. The highest BCUT2D eigenvalue weighted by molar-refractivity contribution is 6.05. The normalized spacial score (nSPS) is 13.2. The Morgan fingerprint density at radius 3 is 2.69 bits per heavy atom. The molecule has 0 unspecified atom stereocenters. The number of rotatable bonds is 7. The molecule has 0 N–H and O–H groups in total. The number of nitrogens with zero attached hydrogens (tertiary/aromatic N) is 3. The SMILES string of the molecule is CCOC(=O)c1c(CCCOc2cccc3ccccc23)c2ccc(C)c3c2n1CC=CCOCc1c-3c(C)nn1C. The van der Waals surface area contributed by atoms with E-state index in [-0.39, 0.29) is 5.97 Å². The number of esters is 1. The summed E-state index contributed by atoms with van der Waals surface area (Å²) in [5, 5.41) is 8.09. The van der Waals surface area contributed by atoms with E-state index in [2.05, 4.69) is 47.9 Å². The number of benzene rings is 3. The fraction of sp³-hybridized carbons (Fsp3) is 0.314. The second kappa shape index (κ2) is 11.9. The second-order valence-corrected chi connectivity index (χ2v) is 10.8. The molecule has 0 saturated carbocycles. The lowest BCUT2D eigenvalue weighted by atomic mass is 9.94. The van der Waals surface area contributed by atoms with Crippen LogP contribution >= 0.6 is 0 Å². The second-order valence-electron chi connectivity index (χ2n) is 10.8. The first-order chi connectivity index (χ1) is 20.5. The molecule has 1 aliphatic rings. The Hall–Kier alpha value is -4.36. The van der Waals surface area contributed by atoms with Gasteiger partial charge in [0, 0.05) is 35.5 Å². The minimum atomic E-state index is -0.301. The summed E-state index contributed by atoms with van der Waals surface area (Å²) in [6.07, 6.45) is 5.51. The molecule has 0 fully saturated rings. The van der Waals surface area contributed by atoms with Crippen molar-refractivity contribution < 1.29 is 19.0 Å². The van der Waals surface area contributed by atoms with Crippen LogP contribution in [0, 0.1) is 13.8 Å². The first-order valence-electron chi connectivity index (χ1n) is 14.7. The van der Waals surface area contributed by atoms with Crippen LogP contribution in [0.5, 0.6) is 5.75 Å². The molecule has 6 rings (SSSR count). The van der Waals surface area contributed by atoms with Crippen molar-refractivity contribution in [3.63, 3.8) is 0 Å². The van der Waals surface area contributed by atoms with Gasteiger partial charge in [-0.1, -0.05) is 60.7 Å². The quantitative estimate of drug-likeness (QED) is 0.120. The van der Waals surface area contributed by atoms with Crippen LogP contribution in [0.25, 0.3) is 32.8 Å². The Labute approximate surface area is 246 Å². The van der Waals surface area contributed by atoms with Gasteiger partial charge in [-0.3, -0.25) is 4.68 Å². The highest BCUT2D eigenvalue weighted by Crippen LogP contribution is 2.41. The average molecular weight is 564 g/mol. The van der Waals surface area contributed by atoms with Gasteiger partial charge < -0.3 is 18.8 Å². The van der Waals surface area contributed by atoms with Crippen LogP contribution in [-0.2, 0) is 36.1 Å². The van der Waals surface area contributed by atoms with Crippen LogP contribution in [0.15, 0.2) is 66.7 Å². The lowest BCUT2D eigenvalue weighted by Crippen LogP contribution is -2.14. The van der Waals surface area contributed by atoms with Gasteiger partial charge in [-0.2, -0.15) is 5.10 Å². The minimum Gasteiger partial charge on any atom is -0.493 e. The first-order valence-corrected chi connectivity index (χ1v) is 14.7. The monoisotopic (exact) mass is 563 g/mol. The standard InChI is InChI=1S/C35H37N3O4/c1-5-41-35(39)34-27(15-11-21-42-30-16-10-13-25-12-6-7-14-26(25)30)28-18-17-23(2)31-32-24(3)36-37(4)29(32)22-40-20-9-8-19-38(34)33(28)31/h6-10,12-14,16-18H,5,11,15,19-22H2,1-4H3. The van der Waals surface area contributed by atoms with Gasteiger partial charge >= 0.3 is 5.97 Å². The molecule has 0 bridgehead atoms. The zero-order valence-corrected chi connectivity index (χ0v) is 24.8. The molecule has 2 aromatic heterocycles. The maximum atomic E-state index is 13.6. The van der Waals surface area contributed by atoms with Crippen molar-refractivity contribution in [2.75, 3.05) is 19.8 Å². The van der Waals surface area contributed by atoms with Gasteiger partial charge in [0.1, 0.15) is 11.4 Å². The zero-order valence-electron chi connectivity index (χ0n) is 24.8. The van der Waals surface area contributed by atoms with E-state index >= 15 is 0 Å². The Kier molecular flexibility index (Phi) is 7.85. The first kappa shape index (κ1) is 27.8. The molecule has 216 valence electrons. The van der Waals surface area contributed by atoms with E-state index in [1.807, 2.05) is 55.9 Å². The van der Waals surface area contributed by atoms with Gasteiger partial charge in [0.25, 0.3) is 0 Å². The molecule has 7 heteroatoms. The number of fused-ring (bicyclic) bond motifs is 3. The van der Waals surface area contributed by atoms with Gasteiger partial charge in [0.05, 0.1) is 43.3 Å². The van der Waals surface area contributed by atoms with Crippen LogP contribution in [0.4, 0.5) is 0 Å². The highest BCUT2D eigenvalue weighted by atomic mass is 16.5. The van der Waals surface area contributed by atoms with Crippen LogP contribution in [0.3, 0.4) is 0 Å². The van der Waals surface area contributed by atoms with Crippen molar-refractivity contribution in [2.24, 2.45) is 7.05 Å². The number of hydrogen-bond donors (Lipinski definition) is 0. The summed E-state index contributed by atoms with van der Waals surface area (Å²) in [4.78, 5) is 13.6. The molecule has 7 nitrogen and oxygen atoms in total. The molecule has 0 atom stereocenters. The van der Waals surface area contributed by atoms with E-state index in [1.54, 1.807) is 0 Å². The van der Waals surface area contributed by atoms with Crippen molar-refractivity contribution in [3.05, 3.63) is 95.0 Å². The molecule has 5 aromatic rings. The number of ether oxygens (including phenoxy) is 3. The van der Waals surface area contributed by atoms with Crippen LogP contribution in [0.1, 0.15) is 46.3 Å². The molecule has 1 aliphatic heterocycles. The van der Waals surface area contributed by atoms with Crippen molar-refractivity contribution >= 4 is 27.6 Å². The summed E-state index contributed by atoms with van der Waals surface area (Å²) in [6, 6.07) is 18.7. The van der Waals surface area contributed by atoms with Gasteiger partial charge in [0.2, 0.25) is 0 Å². The van der Waals surface area contributed by atoms with E-state index in [0.717, 1.165) is 67.5 Å². The van der Waals surface area contributed by atoms with E-state index in [9.17, 15) is 4.79 Å². The lowest BCUT2D eigenvalue weighted by Gasteiger charge is -2.14. The lowest BCUT2D eigenvalue weighted by molar-refractivity contribution is 0.0513. The van der Waals surface area contributed by atoms with Crippen molar-refractivity contribution in [1.29, 1.82) is 0 Å². The number of aromatic nitrogens is 3. The van der Waals surface area contributed by atoms with Crippen LogP contribution in [0.2, 0.25) is 0 Å². The fourth-order valence-corrected chi connectivity index (χ4v) is 6.22. The molecule has 42 heavy (non-hydrogen) atoms. The van der Waals surface area contributed by atoms with Crippen molar-refractivity contribution in [2.45, 2.75) is 46.8 Å². The topological polar surface area (TPSA) is 67.5 Å². The summed E-state index contributed by atoms with van der Waals surface area (Å²) in [6.45, 7) is 8.33. The van der Waals surface area contributed by atoms with E-state index < -0.39 is 0 Å². The minimum absolute atomic E-state index is 0.301. The van der Waals surface area contributed by atoms with Gasteiger partial charge in [-0.25, -0.2) is 4.79 Å². The predicted molar refractivity (Wildman–Crippen MR) is 166 cm³/mol. The van der Waals surface area contributed by atoms with Crippen LogP contribution < -0.4 is 4.74 Å². The number of carbonyl (C=O) groups is 1. The molecule has 0 saturated heterocycles. The smallest absolute Gasteiger partial charge is 0.355 e. The Morgan fingerprint density at radius 1 is 1.00 bits per heavy atom. The Balaban J connectivity index is 1.46. The largest absolute Gasteiger partial charge is 0.493 e. The summed E-state index contributed by atoms with van der Waals surface area (Å²) < 4.78 is 22.0. The summed E-state index contributed by atoms with van der Waals surface area (Å²) in [7, 11) is 1.96. The molecular weight excluding hydrogens is 526 g/mol. The number of hydrogen-bond acceptors (Lipinski definition) is 5. The molecule has 0 spiro atoms. The zero-order chi connectivity index (χ0) is 29.2. The molecule has 0 amide bonds. The fourth-order valence-electron chi connectivity index (χ4n) is 6.22. The third-order valence-electron chi connectivity index (χ3n) is 8.08. The summed E-state index contributed by atoms with van der Waals surface area (Å²) >= 11 is 0. The highest BCUT2D eigenvalue weighted by Gasteiger charge is 2.28. The summed E-state index contributed by atoms with van der Waals surface area (Å²) in [5.74, 6) is 0.574. The predicted octanol–water partition coefficient (Wildman–Crippen LogP) is 7.09. The number of allylic oxidation sites excluding steroid dienone is 1. The third-order valence-corrected chi connectivity index (χ3v) is 8.08. The van der Waals surface area contributed by atoms with Gasteiger partial charge in [-0.05, 0) is 56.2 Å². The van der Waals surface area contributed by atoms with Gasteiger partial charge in [-0.15, -0.1) is 0 Å². The molecular formula is C35H37N3O4. The maximum Gasteiger partial charge on any atom is 0.355 e. The average Bonchev–Trinajstić information content (AvgIpc) is 3.43. The van der Waals surface area contributed by atoms with Crippen molar-refractivity contribution in [1.82, 2.24) is 14.3 Å². The van der Waals surface area contributed by atoms with Gasteiger partial charge in [0.15, 0.2) is 0 Å². The van der Waals surface area contributed by atoms with E-state index in [0.29, 0.717) is 45.1 Å². The number of aryl methyl sites for hydroxylation is 4. The molecule has 3 heterocycles. The van der Waals surface area contributed by atoms with Crippen LogP contribution in [-0.4, -0.2) is 40.1 Å². The number of carbonyl (C=O) groups excluding carboxylic acids is 1. The van der Waals surface area contributed by atoms with E-state index in [1.165, 1.54) is 0 Å².